The maximum Gasteiger partial charge on any atom is 0.341 e. The van der Waals surface area contributed by atoms with Crippen molar-refractivity contribution in [3.05, 3.63) is 45.8 Å². The summed E-state index contributed by atoms with van der Waals surface area (Å²) in [7, 11) is 0. The highest BCUT2D eigenvalue weighted by atomic mass is 32.2. The molecule has 0 fully saturated rings. The van der Waals surface area contributed by atoms with Crippen molar-refractivity contribution in [1.29, 1.82) is 0 Å². The van der Waals surface area contributed by atoms with E-state index in [1.165, 1.54) is 23.1 Å². The number of hydrazone groups is 1. The quantitative estimate of drug-likeness (QED) is 0.682. The molecule has 1 unspecified atom stereocenters. The lowest BCUT2D eigenvalue weighted by molar-refractivity contribution is -0.113. The van der Waals surface area contributed by atoms with Crippen LogP contribution >= 0.6 is 23.1 Å². The number of esters is 1. The van der Waals surface area contributed by atoms with E-state index in [1.807, 2.05) is 43.3 Å². The number of aliphatic imine (C=N–C) groups is 1. The average molecular weight is 443 g/mol. The minimum atomic E-state index is -0.412. The molecule has 2 aliphatic heterocycles. The van der Waals surface area contributed by atoms with Crippen molar-refractivity contribution < 1.29 is 14.3 Å². The molecule has 7 nitrogen and oxygen atoms in total. The summed E-state index contributed by atoms with van der Waals surface area (Å²) in [6.07, 6.45) is 2.70. The molecule has 30 heavy (non-hydrogen) atoms. The van der Waals surface area contributed by atoms with Crippen LogP contribution in [0.15, 0.2) is 34.4 Å². The van der Waals surface area contributed by atoms with Crippen molar-refractivity contribution in [1.82, 2.24) is 5.01 Å². The second-order valence-electron chi connectivity index (χ2n) is 6.89. The number of hydrogen-bond acceptors (Lipinski definition) is 8. The molecule has 4 rings (SSSR count). The summed E-state index contributed by atoms with van der Waals surface area (Å²) in [5.74, 6) is -0.448. The number of nitrogens with one attached hydrogen (secondary N) is 1. The first kappa shape index (κ1) is 20.6. The van der Waals surface area contributed by atoms with Crippen LogP contribution in [0.2, 0.25) is 0 Å². The topological polar surface area (TPSA) is 83.4 Å². The number of rotatable bonds is 5. The second-order valence-corrected chi connectivity index (χ2v) is 9.06. The number of benzene rings is 1. The number of hydrogen-bond donors (Lipinski definition) is 1. The maximum atomic E-state index is 12.7. The van der Waals surface area contributed by atoms with E-state index in [1.54, 1.807) is 6.92 Å². The van der Waals surface area contributed by atoms with E-state index in [0.717, 1.165) is 28.1 Å². The summed E-state index contributed by atoms with van der Waals surface area (Å²) < 4.78 is 5.15. The first-order valence-corrected chi connectivity index (χ1v) is 11.5. The molecule has 0 bridgehead atoms. The van der Waals surface area contributed by atoms with Crippen LogP contribution < -0.4 is 5.32 Å². The number of para-hydroxylation sites is 1. The fourth-order valence-corrected chi connectivity index (χ4v) is 5.30. The molecule has 0 aliphatic carbocycles. The molecule has 0 saturated heterocycles. The number of aryl methyl sites for hydroxylation is 1. The van der Waals surface area contributed by atoms with Gasteiger partial charge in [-0.15, -0.1) is 11.3 Å². The Bertz CT molecular complexity index is 1060. The van der Waals surface area contributed by atoms with Crippen LogP contribution in [-0.4, -0.2) is 40.6 Å². The van der Waals surface area contributed by atoms with Gasteiger partial charge in [0.25, 0.3) is 0 Å². The molecular weight excluding hydrogens is 420 g/mol. The van der Waals surface area contributed by atoms with Crippen molar-refractivity contribution in [2.24, 2.45) is 10.1 Å². The van der Waals surface area contributed by atoms with Gasteiger partial charge >= 0.3 is 5.97 Å². The predicted octanol–water partition coefficient (Wildman–Crippen LogP) is 4.65. The van der Waals surface area contributed by atoms with Crippen LogP contribution in [0.4, 0.5) is 10.7 Å². The summed E-state index contributed by atoms with van der Waals surface area (Å²) in [5, 5.41) is 10.4. The lowest BCUT2D eigenvalue weighted by Crippen LogP contribution is -2.29. The summed E-state index contributed by atoms with van der Waals surface area (Å²) >= 11 is 2.72. The highest BCUT2D eigenvalue weighted by Crippen LogP contribution is 2.41. The van der Waals surface area contributed by atoms with Crippen LogP contribution in [-0.2, 0) is 9.53 Å². The largest absolute Gasteiger partial charge is 0.462 e. The molecule has 0 saturated carbocycles. The third-order valence-electron chi connectivity index (χ3n) is 4.99. The Morgan fingerprint density at radius 1 is 1.33 bits per heavy atom. The zero-order valence-electron chi connectivity index (χ0n) is 17.0. The Kier molecular flexibility index (Phi) is 5.92. The second kappa shape index (κ2) is 8.61. The third kappa shape index (κ3) is 3.87. The molecule has 1 N–H and O–H groups in total. The molecule has 9 heteroatoms. The van der Waals surface area contributed by atoms with Gasteiger partial charge in [0, 0.05) is 23.1 Å². The van der Waals surface area contributed by atoms with Crippen molar-refractivity contribution in [3.8, 4) is 0 Å². The first-order valence-electron chi connectivity index (χ1n) is 9.68. The highest BCUT2D eigenvalue weighted by Gasteiger charge is 2.33. The number of anilines is 1. The van der Waals surface area contributed by atoms with E-state index in [4.69, 9.17) is 9.73 Å². The van der Waals surface area contributed by atoms with E-state index in [2.05, 4.69) is 16.5 Å². The van der Waals surface area contributed by atoms with E-state index in [9.17, 15) is 9.59 Å². The molecule has 0 radical (unpaired) electrons. The molecule has 1 aromatic carbocycles. The Morgan fingerprint density at radius 2 is 2.13 bits per heavy atom. The molecule has 3 heterocycles. The van der Waals surface area contributed by atoms with Crippen LogP contribution in [0.25, 0.3) is 0 Å². The highest BCUT2D eigenvalue weighted by molar-refractivity contribution is 8.14. The van der Waals surface area contributed by atoms with Crippen LogP contribution in [0.5, 0.6) is 0 Å². The van der Waals surface area contributed by atoms with Crippen LogP contribution in [0.3, 0.4) is 0 Å². The van der Waals surface area contributed by atoms with Crippen LogP contribution in [0, 0.1) is 13.8 Å². The van der Waals surface area contributed by atoms with Gasteiger partial charge in [0.05, 0.1) is 29.7 Å². The molecule has 1 aromatic heterocycles. The SMILES string of the molecule is CCOC(=O)c1c(NC(=O)CSC2=Nc3ccccc3C3CC=NN23)sc(C)c1C. The van der Waals surface area contributed by atoms with Gasteiger partial charge in [0.15, 0.2) is 5.17 Å². The number of amides is 1. The summed E-state index contributed by atoms with van der Waals surface area (Å²) in [4.78, 5) is 30.6. The normalized spacial score (nSPS) is 16.7. The molecule has 156 valence electrons. The van der Waals surface area contributed by atoms with Gasteiger partial charge in [-0.1, -0.05) is 30.0 Å². The van der Waals surface area contributed by atoms with Gasteiger partial charge < -0.3 is 10.1 Å². The van der Waals surface area contributed by atoms with E-state index in [0.29, 0.717) is 15.7 Å². The van der Waals surface area contributed by atoms with Crippen molar-refractivity contribution in [2.45, 2.75) is 33.2 Å². The van der Waals surface area contributed by atoms with E-state index >= 15 is 0 Å². The predicted molar refractivity (Wildman–Crippen MR) is 122 cm³/mol. The van der Waals surface area contributed by atoms with E-state index in [-0.39, 0.29) is 24.3 Å². The smallest absolute Gasteiger partial charge is 0.341 e. The zero-order valence-corrected chi connectivity index (χ0v) is 18.6. The van der Waals surface area contributed by atoms with Gasteiger partial charge in [-0.25, -0.2) is 14.8 Å². The third-order valence-corrected chi connectivity index (χ3v) is 7.05. The van der Waals surface area contributed by atoms with Gasteiger partial charge in [-0.05, 0) is 32.4 Å². The fourth-order valence-electron chi connectivity index (χ4n) is 3.44. The van der Waals surface area contributed by atoms with Crippen molar-refractivity contribution in [3.63, 3.8) is 0 Å². The summed E-state index contributed by atoms with van der Waals surface area (Å²) in [6, 6.07) is 8.14. The number of nitrogens with zero attached hydrogens (tertiary/aromatic N) is 3. The lowest BCUT2D eigenvalue weighted by Gasteiger charge is -2.29. The Hall–Kier alpha value is -2.65. The number of amidine groups is 1. The number of carbonyl (C=O) groups excluding carboxylic acids is 2. The van der Waals surface area contributed by atoms with Crippen molar-refractivity contribution in [2.75, 3.05) is 17.7 Å². The van der Waals surface area contributed by atoms with Gasteiger partial charge in [0.1, 0.15) is 5.00 Å². The first-order chi connectivity index (χ1) is 14.5. The Balaban J connectivity index is 1.47. The molecule has 1 atom stereocenters. The number of carbonyl (C=O) groups is 2. The molecule has 1 amide bonds. The molecule has 2 aliphatic rings. The van der Waals surface area contributed by atoms with E-state index < -0.39 is 5.97 Å². The maximum absolute atomic E-state index is 12.7. The van der Waals surface area contributed by atoms with Gasteiger partial charge in [0.2, 0.25) is 5.91 Å². The number of thiophene rings is 1. The standard InChI is InChI=1S/C21H22N4O3S2/c1-4-28-20(27)18-12(2)13(3)30-19(18)24-17(26)11-29-21-23-15-8-6-5-7-14(15)16-9-10-22-25(16)21/h5-8,10,16H,4,9,11H2,1-3H3,(H,24,26). The van der Waals surface area contributed by atoms with Crippen molar-refractivity contribution >= 4 is 57.0 Å². The molecule has 2 aromatic rings. The number of thioether (sulfide) groups is 1. The molecular formula is C21H22N4O3S2. The summed E-state index contributed by atoms with van der Waals surface area (Å²) in [6.45, 7) is 5.84. The minimum absolute atomic E-state index is 0.127. The minimum Gasteiger partial charge on any atom is -0.462 e. The summed E-state index contributed by atoms with van der Waals surface area (Å²) in [5.41, 5.74) is 3.34. The number of ether oxygens (including phenoxy) is 1. The Morgan fingerprint density at radius 3 is 2.93 bits per heavy atom. The number of fused-ring (bicyclic) bond motifs is 3. The lowest BCUT2D eigenvalue weighted by atomic mass is 10.0. The monoisotopic (exact) mass is 442 g/mol. The van der Waals surface area contributed by atoms with Crippen LogP contribution in [0.1, 0.15) is 45.7 Å². The molecule has 0 spiro atoms. The average Bonchev–Trinajstić information content (AvgIpc) is 3.32. The fraction of sp³-hybridized carbons (Fsp3) is 0.333. The van der Waals surface area contributed by atoms with Gasteiger partial charge in [-0.3, -0.25) is 4.79 Å². The van der Waals surface area contributed by atoms with Gasteiger partial charge in [-0.2, -0.15) is 5.10 Å². The Labute approximate surface area is 183 Å². The zero-order chi connectivity index (χ0) is 21.3.